The maximum absolute atomic E-state index is 10.5. The number of carboxylic acids is 1. The molecule has 2 heterocycles. The smallest absolute Gasteiger partial charge is 0.304 e. The Morgan fingerprint density at radius 2 is 2.06 bits per heavy atom. The molecule has 1 fully saturated rings. The number of hydrogen-bond donors (Lipinski definition) is 1. The Kier molecular flexibility index (Phi) is 4.11. The zero-order valence-corrected chi connectivity index (χ0v) is 9.71. The van der Waals surface area contributed by atoms with E-state index >= 15 is 0 Å². The topological polar surface area (TPSA) is 69.8 Å². The lowest BCUT2D eigenvalue weighted by atomic mass is 10.2. The predicted molar refractivity (Wildman–Crippen MR) is 60.5 cm³/mol. The van der Waals surface area contributed by atoms with Gasteiger partial charge in [0.1, 0.15) is 6.26 Å². The Labute approximate surface area is 99.8 Å². The van der Waals surface area contributed by atoms with Gasteiger partial charge in [-0.05, 0) is 0 Å². The van der Waals surface area contributed by atoms with Gasteiger partial charge in [-0.15, -0.1) is 0 Å². The van der Waals surface area contributed by atoms with Crippen molar-refractivity contribution in [1.29, 1.82) is 0 Å². The van der Waals surface area contributed by atoms with Crippen LogP contribution in [0.25, 0.3) is 0 Å². The molecule has 0 amide bonds. The summed E-state index contributed by atoms with van der Waals surface area (Å²) >= 11 is 0. The van der Waals surface area contributed by atoms with Crippen molar-refractivity contribution in [2.24, 2.45) is 0 Å². The molecular weight excluding hydrogens is 222 g/mol. The highest BCUT2D eigenvalue weighted by atomic mass is 16.5. The molecule has 17 heavy (non-hydrogen) atoms. The van der Waals surface area contributed by atoms with Gasteiger partial charge in [-0.3, -0.25) is 9.69 Å². The molecule has 1 saturated heterocycles. The number of piperazine rings is 1. The number of hydrogen-bond acceptors (Lipinski definition) is 5. The zero-order chi connectivity index (χ0) is 12.1. The maximum Gasteiger partial charge on any atom is 0.304 e. The fourth-order valence-electron chi connectivity index (χ4n) is 1.99. The van der Waals surface area contributed by atoms with Crippen LogP contribution >= 0.6 is 0 Å². The molecule has 1 aliphatic heterocycles. The summed E-state index contributed by atoms with van der Waals surface area (Å²) in [6, 6.07) is 0. The monoisotopic (exact) mass is 239 g/mol. The maximum atomic E-state index is 10.5. The molecule has 1 aromatic rings. The van der Waals surface area contributed by atoms with E-state index in [4.69, 9.17) is 9.63 Å². The van der Waals surface area contributed by atoms with Crippen LogP contribution < -0.4 is 0 Å². The zero-order valence-electron chi connectivity index (χ0n) is 9.71. The molecule has 0 bridgehead atoms. The van der Waals surface area contributed by atoms with Crippen LogP contribution in [0.4, 0.5) is 0 Å². The first-order chi connectivity index (χ1) is 8.24. The third kappa shape index (κ3) is 3.83. The van der Waals surface area contributed by atoms with Crippen molar-refractivity contribution in [3.8, 4) is 0 Å². The molecule has 1 aromatic heterocycles. The van der Waals surface area contributed by atoms with E-state index in [1.165, 1.54) is 0 Å². The number of carboxylic acid groups (broad SMARTS) is 1. The number of carbonyl (C=O) groups is 1. The summed E-state index contributed by atoms with van der Waals surface area (Å²) < 4.78 is 4.79. The lowest BCUT2D eigenvalue weighted by molar-refractivity contribution is -0.137. The third-order valence-electron chi connectivity index (χ3n) is 3.00. The Morgan fingerprint density at radius 3 is 2.65 bits per heavy atom. The molecule has 6 nitrogen and oxygen atoms in total. The van der Waals surface area contributed by atoms with E-state index in [0.29, 0.717) is 6.54 Å². The van der Waals surface area contributed by atoms with Crippen LogP contribution in [0.5, 0.6) is 0 Å². The van der Waals surface area contributed by atoms with Crippen molar-refractivity contribution in [1.82, 2.24) is 15.0 Å². The van der Waals surface area contributed by atoms with Gasteiger partial charge in [0, 0.05) is 44.8 Å². The van der Waals surface area contributed by atoms with Crippen LogP contribution in [0.15, 0.2) is 17.0 Å². The lowest BCUT2D eigenvalue weighted by Crippen LogP contribution is -2.46. The fourth-order valence-corrected chi connectivity index (χ4v) is 1.99. The molecule has 0 spiro atoms. The molecule has 6 heteroatoms. The molecule has 0 aromatic carbocycles. The second-order valence-electron chi connectivity index (χ2n) is 4.29. The van der Waals surface area contributed by atoms with Crippen molar-refractivity contribution in [2.75, 3.05) is 32.7 Å². The van der Waals surface area contributed by atoms with Gasteiger partial charge in [0.25, 0.3) is 0 Å². The SMILES string of the molecule is O=C(O)CCN1CCN(Cc2cnoc2)CC1. The number of aliphatic carboxylic acids is 1. The van der Waals surface area contributed by atoms with Crippen LogP contribution in [0.3, 0.4) is 0 Å². The Bertz CT molecular complexity index is 345. The second-order valence-corrected chi connectivity index (χ2v) is 4.29. The summed E-state index contributed by atoms with van der Waals surface area (Å²) in [6.45, 7) is 5.29. The molecule has 0 aliphatic carbocycles. The van der Waals surface area contributed by atoms with Crippen molar-refractivity contribution >= 4 is 5.97 Å². The van der Waals surface area contributed by atoms with Crippen LogP contribution in [0.1, 0.15) is 12.0 Å². The molecule has 1 N–H and O–H groups in total. The van der Waals surface area contributed by atoms with Gasteiger partial charge >= 0.3 is 5.97 Å². The van der Waals surface area contributed by atoms with E-state index < -0.39 is 5.97 Å². The first-order valence-electron chi connectivity index (χ1n) is 5.79. The summed E-state index contributed by atoms with van der Waals surface area (Å²) in [5.41, 5.74) is 1.09. The number of nitrogens with zero attached hydrogens (tertiary/aromatic N) is 3. The summed E-state index contributed by atoms with van der Waals surface area (Å²) in [5.74, 6) is -0.725. The van der Waals surface area contributed by atoms with Gasteiger partial charge in [-0.2, -0.15) is 0 Å². The lowest BCUT2D eigenvalue weighted by Gasteiger charge is -2.34. The van der Waals surface area contributed by atoms with E-state index in [9.17, 15) is 4.79 Å². The first-order valence-corrected chi connectivity index (χ1v) is 5.79. The summed E-state index contributed by atoms with van der Waals surface area (Å²) in [4.78, 5) is 15.0. The van der Waals surface area contributed by atoms with E-state index in [0.717, 1.165) is 38.3 Å². The standard InChI is InChI=1S/C11H17N3O3/c15-11(16)1-2-13-3-5-14(6-4-13)8-10-7-12-17-9-10/h7,9H,1-6,8H2,(H,15,16). The molecule has 1 aliphatic rings. The quantitative estimate of drug-likeness (QED) is 0.795. The van der Waals surface area contributed by atoms with Gasteiger partial charge in [-0.25, -0.2) is 0 Å². The van der Waals surface area contributed by atoms with E-state index in [-0.39, 0.29) is 6.42 Å². The third-order valence-corrected chi connectivity index (χ3v) is 3.00. The van der Waals surface area contributed by atoms with Crippen LogP contribution in [0.2, 0.25) is 0 Å². The van der Waals surface area contributed by atoms with Crippen LogP contribution in [0, 0.1) is 0 Å². The summed E-state index contributed by atoms with van der Waals surface area (Å²) in [5, 5.41) is 12.3. The molecule has 0 radical (unpaired) electrons. The Morgan fingerprint density at radius 1 is 1.35 bits per heavy atom. The van der Waals surface area contributed by atoms with Crippen molar-refractivity contribution in [3.05, 3.63) is 18.0 Å². The average Bonchev–Trinajstić information content (AvgIpc) is 2.81. The van der Waals surface area contributed by atoms with Gasteiger partial charge in [-0.1, -0.05) is 5.16 Å². The van der Waals surface area contributed by atoms with Crippen molar-refractivity contribution < 1.29 is 14.4 Å². The molecule has 0 saturated carbocycles. The van der Waals surface area contributed by atoms with Gasteiger partial charge in [0.2, 0.25) is 0 Å². The molecule has 94 valence electrons. The predicted octanol–water partition coefficient (Wildman–Crippen LogP) is 0.267. The van der Waals surface area contributed by atoms with Gasteiger partial charge in [0.05, 0.1) is 12.6 Å². The molecule has 0 unspecified atom stereocenters. The van der Waals surface area contributed by atoms with Gasteiger partial charge < -0.3 is 14.5 Å². The van der Waals surface area contributed by atoms with E-state index in [2.05, 4.69) is 15.0 Å². The van der Waals surface area contributed by atoms with E-state index in [1.807, 2.05) is 0 Å². The van der Waals surface area contributed by atoms with Gasteiger partial charge in [0.15, 0.2) is 0 Å². The average molecular weight is 239 g/mol. The van der Waals surface area contributed by atoms with Crippen molar-refractivity contribution in [2.45, 2.75) is 13.0 Å². The minimum absolute atomic E-state index is 0.228. The Balaban J connectivity index is 1.69. The fraction of sp³-hybridized carbons (Fsp3) is 0.636. The van der Waals surface area contributed by atoms with Crippen LogP contribution in [-0.4, -0.2) is 58.8 Å². The largest absolute Gasteiger partial charge is 0.481 e. The molecule has 2 rings (SSSR count). The highest BCUT2D eigenvalue weighted by Gasteiger charge is 2.17. The second kappa shape index (κ2) is 5.79. The minimum atomic E-state index is -0.725. The number of rotatable bonds is 5. The van der Waals surface area contributed by atoms with E-state index in [1.54, 1.807) is 12.5 Å². The first kappa shape index (κ1) is 12.1. The highest BCUT2D eigenvalue weighted by molar-refractivity contribution is 5.66. The number of aromatic nitrogens is 1. The highest BCUT2D eigenvalue weighted by Crippen LogP contribution is 2.07. The molecular formula is C11H17N3O3. The summed E-state index contributed by atoms with van der Waals surface area (Å²) in [7, 11) is 0. The van der Waals surface area contributed by atoms with Crippen molar-refractivity contribution in [3.63, 3.8) is 0 Å². The Hall–Kier alpha value is -1.40. The summed E-state index contributed by atoms with van der Waals surface area (Å²) in [6.07, 6.45) is 3.62. The van der Waals surface area contributed by atoms with Crippen LogP contribution in [-0.2, 0) is 11.3 Å². The molecule has 0 atom stereocenters. The normalized spacial score (nSPS) is 18.4. The minimum Gasteiger partial charge on any atom is -0.481 e.